The molecule has 0 radical (unpaired) electrons. The molecule has 26 heavy (non-hydrogen) atoms. The molecule has 0 saturated heterocycles. The van der Waals surface area contributed by atoms with E-state index in [2.05, 4.69) is 47.5 Å². The number of anilines is 1. The lowest BCUT2D eigenvalue weighted by Gasteiger charge is -2.35. The molecule has 0 atom stereocenters. The maximum Gasteiger partial charge on any atom is 0.143 e. The SMILES string of the molecule is Cc1cccc(CN2CCOc3cc4c(c(C5CC5)c32)CCNCC4)c1. The lowest BCUT2D eigenvalue weighted by molar-refractivity contribution is 0.306. The number of aryl methyl sites for hydroxylation is 1. The Kier molecular flexibility index (Phi) is 4.12. The molecule has 3 heteroatoms. The third kappa shape index (κ3) is 2.99. The van der Waals surface area contributed by atoms with Crippen molar-refractivity contribution in [3.05, 3.63) is 58.1 Å². The lowest BCUT2D eigenvalue weighted by Crippen LogP contribution is -2.33. The first kappa shape index (κ1) is 16.2. The van der Waals surface area contributed by atoms with E-state index < -0.39 is 0 Å². The highest BCUT2D eigenvalue weighted by atomic mass is 16.5. The summed E-state index contributed by atoms with van der Waals surface area (Å²) in [4.78, 5) is 2.58. The molecule has 136 valence electrons. The van der Waals surface area contributed by atoms with Gasteiger partial charge in [-0.3, -0.25) is 0 Å². The van der Waals surface area contributed by atoms with Gasteiger partial charge in [0.15, 0.2) is 0 Å². The molecule has 1 saturated carbocycles. The van der Waals surface area contributed by atoms with E-state index in [1.165, 1.54) is 35.2 Å². The van der Waals surface area contributed by atoms with Gasteiger partial charge in [-0.2, -0.15) is 0 Å². The molecule has 2 aromatic carbocycles. The van der Waals surface area contributed by atoms with E-state index in [9.17, 15) is 0 Å². The predicted molar refractivity (Wildman–Crippen MR) is 106 cm³/mol. The summed E-state index contributed by atoms with van der Waals surface area (Å²) in [5.74, 6) is 1.88. The van der Waals surface area contributed by atoms with Crippen LogP contribution < -0.4 is 15.0 Å². The van der Waals surface area contributed by atoms with Crippen LogP contribution in [0, 0.1) is 6.92 Å². The van der Waals surface area contributed by atoms with Crippen LogP contribution in [0.1, 0.15) is 46.6 Å². The summed E-state index contributed by atoms with van der Waals surface area (Å²) in [5.41, 5.74) is 8.90. The number of benzene rings is 2. The van der Waals surface area contributed by atoms with Gasteiger partial charge in [0.1, 0.15) is 12.4 Å². The monoisotopic (exact) mass is 348 g/mol. The van der Waals surface area contributed by atoms with Crippen LogP contribution in [-0.4, -0.2) is 26.2 Å². The summed E-state index contributed by atoms with van der Waals surface area (Å²) in [7, 11) is 0. The van der Waals surface area contributed by atoms with Crippen molar-refractivity contribution in [2.75, 3.05) is 31.1 Å². The molecule has 0 aromatic heterocycles. The van der Waals surface area contributed by atoms with E-state index in [0.29, 0.717) is 0 Å². The topological polar surface area (TPSA) is 24.5 Å². The van der Waals surface area contributed by atoms with E-state index in [0.717, 1.165) is 57.3 Å². The standard InChI is InChI=1S/C23H28N2O/c1-16-3-2-4-17(13-16)15-25-11-12-26-21-14-19-7-9-24-10-8-20(19)22(23(21)25)18-5-6-18/h2-4,13-14,18,24H,5-12,15H2,1H3. The fourth-order valence-corrected chi connectivity index (χ4v) is 4.66. The Balaban J connectivity index is 1.59. The first-order chi connectivity index (χ1) is 12.8. The summed E-state index contributed by atoms with van der Waals surface area (Å²) in [6.07, 6.45) is 4.97. The third-order valence-electron chi connectivity index (χ3n) is 6.01. The van der Waals surface area contributed by atoms with E-state index in [1.54, 1.807) is 11.1 Å². The van der Waals surface area contributed by atoms with Gasteiger partial charge in [-0.1, -0.05) is 29.8 Å². The molecule has 1 fully saturated rings. The van der Waals surface area contributed by atoms with Crippen molar-refractivity contribution in [1.29, 1.82) is 0 Å². The van der Waals surface area contributed by atoms with E-state index in [-0.39, 0.29) is 0 Å². The highest BCUT2D eigenvalue weighted by Gasteiger charge is 2.35. The van der Waals surface area contributed by atoms with Crippen molar-refractivity contribution in [2.45, 2.75) is 45.1 Å². The Morgan fingerprint density at radius 1 is 1.15 bits per heavy atom. The van der Waals surface area contributed by atoms with Crippen molar-refractivity contribution in [1.82, 2.24) is 5.32 Å². The summed E-state index contributed by atoms with van der Waals surface area (Å²) < 4.78 is 6.18. The number of hydrogen-bond donors (Lipinski definition) is 1. The van der Waals surface area contributed by atoms with Crippen LogP contribution in [0.2, 0.25) is 0 Å². The summed E-state index contributed by atoms with van der Waals surface area (Å²) in [6, 6.07) is 11.3. The van der Waals surface area contributed by atoms with Gasteiger partial charge in [-0.15, -0.1) is 0 Å². The van der Waals surface area contributed by atoms with Gasteiger partial charge in [0.25, 0.3) is 0 Å². The quantitative estimate of drug-likeness (QED) is 0.909. The molecule has 0 amide bonds. The maximum absolute atomic E-state index is 6.18. The van der Waals surface area contributed by atoms with Crippen molar-refractivity contribution < 1.29 is 4.74 Å². The van der Waals surface area contributed by atoms with Gasteiger partial charge in [0.2, 0.25) is 0 Å². The minimum Gasteiger partial charge on any atom is -0.490 e. The number of nitrogens with one attached hydrogen (secondary N) is 1. The fraction of sp³-hybridized carbons (Fsp3) is 0.478. The average Bonchev–Trinajstić information content (AvgIpc) is 3.47. The lowest BCUT2D eigenvalue weighted by atomic mass is 9.91. The minimum absolute atomic E-state index is 0.749. The van der Waals surface area contributed by atoms with Crippen LogP contribution in [0.5, 0.6) is 5.75 Å². The number of rotatable bonds is 3. The third-order valence-corrected chi connectivity index (χ3v) is 6.01. The molecule has 1 aliphatic carbocycles. The van der Waals surface area contributed by atoms with Crippen LogP contribution in [0.25, 0.3) is 0 Å². The fourth-order valence-electron chi connectivity index (χ4n) is 4.66. The van der Waals surface area contributed by atoms with Gasteiger partial charge in [-0.05, 0) is 79.9 Å². The smallest absolute Gasteiger partial charge is 0.143 e. The van der Waals surface area contributed by atoms with Crippen LogP contribution in [-0.2, 0) is 19.4 Å². The second kappa shape index (κ2) is 6.62. The number of fused-ring (bicyclic) bond motifs is 2. The Labute approximate surface area is 156 Å². The zero-order chi connectivity index (χ0) is 17.5. The molecule has 0 spiro atoms. The minimum atomic E-state index is 0.749. The summed E-state index contributed by atoms with van der Waals surface area (Å²) in [6.45, 7) is 7.12. The van der Waals surface area contributed by atoms with Crippen molar-refractivity contribution in [3.8, 4) is 5.75 Å². The van der Waals surface area contributed by atoms with Gasteiger partial charge < -0.3 is 15.0 Å². The maximum atomic E-state index is 6.18. The molecular weight excluding hydrogens is 320 g/mol. The second-order valence-corrected chi connectivity index (χ2v) is 8.06. The zero-order valence-electron chi connectivity index (χ0n) is 15.7. The molecule has 2 aromatic rings. The molecule has 1 N–H and O–H groups in total. The second-order valence-electron chi connectivity index (χ2n) is 8.06. The Bertz CT molecular complexity index is 825. The van der Waals surface area contributed by atoms with Gasteiger partial charge in [-0.25, -0.2) is 0 Å². The number of hydrogen-bond acceptors (Lipinski definition) is 3. The highest BCUT2D eigenvalue weighted by molar-refractivity contribution is 5.71. The first-order valence-corrected chi connectivity index (χ1v) is 10.1. The van der Waals surface area contributed by atoms with Crippen molar-refractivity contribution >= 4 is 5.69 Å². The highest BCUT2D eigenvalue weighted by Crippen LogP contribution is 2.51. The predicted octanol–water partition coefficient (Wildman–Crippen LogP) is 3.96. The Morgan fingerprint density at radius 3 is 2.88 bits per heavy atom. The molecule has 3 aliphatic rings. The first-order valence-electron chi connectivity index (χ1n) is 10.1. The van der Waals surface area contributed by atoms with Gasteiger partial charge in [0.05, 0.1) is 12.2 Å². The van der Waals surface area contributed by atoms with Crippen molar-refractivity contribution in [2.24, 2.45) is 0 Å². The summed E-state index contributed by atoms with van der Waals surface area (Å²) >= 11 is 0. The van der Waals surface area contributed by atoms with Crippen LogP contribution in [0.15, 0.2) is 30.3 Å². The normalized spacial score (nSPS) is 19.3. The zero-order valence-corrected chi connectivity index (χ0v) is 15.7. The molecule has 3 nitrogen and oxygen atoms in total. The number of nitrogens with zero attached hydrogens (tertiary/aromatic N) is 1. The van der Waals surface area contributed by atoms with E-state index in [1.807, 2.05) is 0 Å². The number of ether oxygens (including phenoxy) is 1. The van der Waals surface area contributed by atoms with Gasteiger partial charge >= 0.3 is 0 Å². The van der Waals surface area contributed by atoms with Gasteiger partial charge in [0, 0.05) is 6.54 Å². The van der Waals surface area contributed by atoms with E-state index >= 15 is 0 Å². The van der Waals surface area contributed by atoms with Crippen LogP contribution >= 0.6 is 0 Å². The average molecular weight is 348 g/mol. The van der Waals surface area contributed by atoms with E-state index in [4.69, 9.17) is 4.74 Å². The van der Waals surface area contributed by atoms with Crippen molar-refractivity contribution in [3.63, 3.8) is 0 Å². The molecule has 0 bridgehead atoms. The largest absolute Gasteiger partial charge is 0.490 e. The molecule has 0 unspecified atom stereocenters. The van der Waals surface area contributed by atoms with Crippen LogP contribution in [0.3, 0.4) is 0 Å². The molecule has 2 aliphatic heterocycles. The van der Waals surface area contributed by atoms with Crippen LogP contribution in [0.4, 0.5) is 5.69 Å². The molecule has 5 rings (SSSR count). The molecular formula is C23H28N2O. The Morgan fingerprint density at radius 2 is 2.04 bits per heavy atom. The Hall–Kier alpha value is -2.00. The summed E-state index contributed by atoms with van der Waals surface area (Å²) in [5, 5.41) is 3.57. The molecule has 2 heterocycles.